The van der Waals surface area contributed by atoms with Crippen molar-refractivity contribution in [2.24, 2.45) is 0 Å². The van der Waals surface area contributed by atoms with Gasteiger partial charge in [-0.3, -0.25) is 4.79 Å². The van der Waals surface area contributed by atoms with Crippen molar-refractivity contribution in [2.45, 2.75) is 46.1 Å². The molecule has 0 aromatic heterocycles. The molecule has 0 aliphatic heterocycles. The SMILES string of the molecule is CCOC(C)(CC)C(=O)Cc1cccc(C)c1. The highest BCUT2D eigenvalue weighted by atomic mass is 16.5. The van der Waals surface area contributed by atoms with E-state index in [9.17, 15) is 4.79 Å². The first-order valence-electron chi connectivity index (χ1n) is 6.24. The third kappa shape index (κ3) is 3.67. The molecule has 1 aromatic carbocycles. The maximum Gasteiger partial charge on any atom is 0.168 e. The van der Waals surface area contributed by atoms with Crippen molar-refractivity contribution in [3.8, 4) is 0 Å². The predicted molar refractivity (Wildman–Crippen MR) is 70.2 cm³/mol. The van der Waals surface area contributed by atoms with E-state index in [1.54, 1.807) is 0 Å². The fraction of sp³-hybridized carbons (Fsp3) is 0.533. The summed E-state index contributed by atoms with van der Waals surface area (Å²) in [6.45, 7) is 8.41. The molecule has 1 rings (SSSR count). The molecule has 0 saturated heterocycles. The van der Waals surface area contributed by atoms with Gasteiger partial charge in [0.05, 0.1) is 0 Å². The summed E-state index contributed by atoms with van der Waals surface area (Å²) in [6, 6.07) is 8.07. The lowest BCUT2D eigenvalue weighted by molar-refractivity contribution is -0.141. The second-order valence-corrected chi connectivity index (χ2v) is 4.61. The van der Waals surface area contributed by atoms with Crippen LogP contribution in [0.5, 0.6) is 0 Å². The van der Waals surface area contributed by atoms with Gasteiger partial charge in [-0.1, -0.05) is 36.8 Å². The van der Waals surface area contributed by atoms with Crippen LogP contribution in [-0.4, -0.2) is 18.0 Å². The minimum Gasteiger partial charge on any atom is -0.368 e. The number of carbonyl (C=O) groups is 1. The predicted octanol–water partition coefficient (Wildman–Crippen LogP) is 3.31. The Morgan fingerprint density at radius 2 is 2.06 bits per heavy atom. The minimum atomic E-state index is -0.640. The molecule has 2 nitrogen and oxygen atoms in total. The molecule has 1 atom stereocenters. The molecular weight excluding hydrogens is 212 g/mol. The molecule has 0 saturated carbocycles. The number of ether oxygens (including phenoxy) is 1. The Morgan fingerprint density at radius 1 is 1.35 bits per heavy atom. The third-order valence-electron chi connectivity index (χ3n) is 3.17. The summed E-state index contributed by atoms with van der Waals surface area (Å²) in [4.78, 5) is 12.2. The van der Waals surface area contributed by atoms with Crippen molar-refractivity contribution in [3.05, 3.63) is 35.4 Å². The van der Waals surface area contributed by atoms with Crippen molar-refractivity contribution in [1.29, 1.82) is 0 Å². The van der Waals surface area contributed by atoms with Crippen molar-refractivity contribution in [2.75, 3.05) is 6.61 Å². The zero-order valence-electron chi connectivity index (χ0n) is 11.2. The smallest absolute Gasteiger partial charge is 0.168 e. The molecule has 0 heterocycles. The Kier molecular flexibility index (Phi) is 4.88. The monoisotopic (exact) mass is 234 g/mol. The van der Waals surface area contributed by atoms with Crippen LogP contribution in [0.25, 0.3) is 0 Å². The largest absolute Gasteiger partial charge is 0.368 e. The van der Waals surface area contributed by atoms with Crippen LogP contribution < -0.4 is 0 Å². The normalized spacial score (nSPS) is 14.4. The number of hydrogen-bond donors (Lipinski definition) is 0. The highest BCUT2D eigenvalue weighted by Crippen LogP contribution is 2.19. The average Bonchev–Trinajstić information content (AvgIpc) is 2.29. The lowest BCUT2D eigenvalue weighted by Crippen LogP contribution is -2.39. The summed E-state index contributed by atoms with van der Waals surface area (Å²) in [5.41, 5.74) is 1.61. The van der Waals surface area contributed by atoms with Gasteiger partial charge in [0, 0.05) is 13.0 Å². The Morgan fingerprint density at radius 3 is 2.59 bits per heavy atom. The maximum absolute atomic E-state index is 12.2. The van der Waals surface area contributed by atoms with Gasteiger partial charge in [-0.2, -0.15) is 0 Å². The van der Waals surface area contributed by atoms with E-state index < -0.39 is 5.60 Å². The molecule has 0 amide bonds. The Hall–Kier alpha value is -1.15. The first-order valence-corrected chi connectivity index (χ1v) is 6.24. The van der Waals surface area contributed by atoms with Crippen LogP contribution in [0.3, 0.4) is 0 Å². The molecule has 0 aliphatic carbocycles. The Balaban J connectivity index is 2.77. The van der Waals surface area contributed by atoms with Gasteiger partial charge >= 0.3 is 0 Å². The van der Waals surface area contributed by atoms with E-state index in [1.165, 1.54) is 5.56 Å². The number of ketones is 1. The maximum atomic E-state index is 12.2. The van der Waals surface area contributed by atoms with E-state index in [4.69, 9.17) is 4.74 Å². The summed E-state index contributed by atoms with van der Waals surface area (Å²) in [7, 11) is 0. The van der Waals surface area contributed by atoms with Gasteiger partial charge in [0.25, 0.3) is 0 Å². The number of benzene rings is 1. The molecule has 1 aromatic rings. The molecule has 0 spiro atoms. The van der Waals surface area contributed by atoms with Crippen LogP contribution in [0, 0.1) is 6.92 Å². The highest BCUT2D eigenvalue weighted by molar-refractivity contribution is 5.88. The molecule has 0 aliphatic rings. The molecule has 0 fully saturated rings. The van der Waals surface area contributed by atoms with Crippen LogP contribution >= 0.6 is 0 Å². The van der Waals surface area contributed by atoms with E-state index in [2.05, 4.69) is 6.07 Å². The summed E-state index contributed by atoms with van der Waals surface area (Å²) < 4.78 is 5.59. The number of rotatable bonds is 6. The fourth-order valence-corrected chi connectivity index (χ4v) is 1.89. The summed E-state index contributed by atoms with van der Waals surface area (Å²) in [5, 5.41) is 0. The third-order valence-corrected chi connectivity index (χ3v) is 3.17. The minimum absolute atomic E-state index is 0.160. The molecule has 1 unspecified atom stereocenters. The van der Waals surface area contributed by atoms with E-state index in [-0.39, 0.29) is 5.78 Å². The second kappa shape index (κ2) is 5.97. The standard InChI is InChI=1S/C15H22O2/c1-5-15(4,17-6-2)14(16)11-13-9-7-8-12(3)10-13/h7-10H,5-6,11H2,1-4H3. The molecular formula is C15H22O2. The summed E-state index contributed by atoms with van der Waals surface area (Å²) in [5.74, 6) is 0.160. The van der Waals surface area contributed by atoms with Gasteiger partial charge in [-0.25, -0.2) is 0 Å². The van der Waals surface area contributed by atoms with Crippen LogP contribution in [-0.2, 0) is 16.0 Å². The summed E-state index contributed by atoms with van der Waals surface area (Å²) in [6.07, 6.45) is 1.16. The molecule has 0 radical (unpaired) electrons. The molecule has 2 heteroatoms. The second-order valence-electron chi connectivity index (χ2n) is 4.61. The number of carbonyl (C=O) groups excluding carboxylic acids is 1. The van der Waals surface area contributed by atoms with Crippen LogP contribution in [0.2, 0.25) is 0 Å². The summed E-state index contributed by atoms with van der Waals surface area (Å²) >= 11 is 0. The van der Waals surface area contributed by atoms with Gasteiger partial charge in [-0.05, 0) is 32.8 Å². The molecule has 17 heavy (non-hydrogen) atoms. The van der Waals surface area contributed by atoms with Crippen molar-refractivity contribution < 1.29 is 9.53 Å². The van der Waals surface area contributed by atoms with Crippen LogP contribution in [0.4, 0.5) is 0 Å². The van der Waals surface area contributed by atoms with Gasteiger partial charge in [0.1, 0.15) is 5.60 Å². The molecule has 0 bridgehead atoms. The van der Waals surface area contributed by atoms with E-state index in [0.717, 1.165) is 5.56 Å². The van der Waals surface area contributed by atoms with Gasteiger partial charge in [0.2, 0.25) is 0 Å². The Labute approximate surface area is 104 Å². The zero-order chi connectivity index (χ0) is 12.9. The van der Waals surface area contributed by atoms with Crippen molar-refractivity contribution >= 4 is 5.78 Å². The first kappa shape index (κ1) is 13.9. The first-order chi connectivity index (χ1) is 8.01. The Bertz CT molecular complexity index is 384. The number of hydrogen-bond acceptors (Lipinski definition) is 2. The number of aryl methyl sites for hydroxylation is 1. The van der Waals surface area contributed by atoms with E-state index >= 15 is 0 Å². The van der Waals surface area contributed by atoms with E-state index in [1.807, 2.05) is 45.9 Å². The van der Waals surface area contributed by atoms with Crippen molar-refractivity contribution in [1.82, 2.24) is 0 Å². The molecule has 94 valence electrons. The van der Waals surface area contributed by atoms with Crippen molar-refractivity contribution in [3.63, 3.8) is 0 Å². The van der Waals surface area contributed by atoms with Gasteiger partial charge in [-0.15, -0.1) is 0 Å². The molecule has 0 N–H and O–H groups in total. The lowest BCUT2D eigenvalue weighted by Gasteiger charge is -2.26. The fourth-order valence-electron chi connectivity index (χ4n) is 1.89. The lowest BCUT2D eigenvalue weighted by atomic mass is 9.92. The number of Topliss-reactive ketones (excluding diaryl/α,β-unsaturated/α-hetero) is 1. The topological polar surface area (TPSA) is 26.3 Å². The quantitative estimate of drug-likeness (QED) is 0.754. The van der Waals surface area contributed by atoms with Crippen LogP contribution in [0.1, 0.15) is 38.3 Å². The average molecular weight is 234 g/mol. The van der Waals surface area contributed by atoms with Gasteiger partial charge < -0.3 is 4.74 Å². The van der Waals surface area contributed by atoms with Crippen LogP contribution in [0.15, 0.2) is 24.3 Å². The zero-order valence-corrected chi connectivity index (χ0v) is 11.2. The van der Waals surface area contributed by atoms with E-state index in [0.29, 0.717) is 19.4 Å². The highest BCUT2D eigenvalue weighted by Gasteiger charge is 2.31. The van der Waals surface area contributed by atoms with Gasteiger partial charge in [0.15, 0.2) is 5.78 Å².